The van der Waals surface area contributed by atoms with Crippen LogP contribution in [-0.4, -0.2) is 6.54 Å². The largest absolute Gasteiger partial charge is 0.391 e. The van der Waals surface area contributed by atoms with Crippen molar-refractivity contribution >= 4 is 0 Å². The normalized spacial score (nSPS) is 11.1. The maximum absolute atomic E-state index is 3.19. The number of nitrogens with one attached hydrogen (secondary N) is 1. The smallest absolute Gasteiger partial charge is 0.0138 e. The summed E-state index contributed by atoms with van der Waals surface area (Å²) in [5.74, 6) is 0.661. The molecule has 0 saturated carbocycles. The van der Waals surface area contributed by atoms with E-state index < -0.39 is 0 Å². The molecule has 0 spiro atoms. The van der Waals surface area contributed by atoms with Gasteiger partial charge in [0.15, 0.2) is 0 Å². The molecule has 0 aliphatic heterocycles. The van der Waals surface area contributed by atoms with E-state index in [9.17, 15) is 0 Å². The molecule has 0 heterocycles. The molecule has 0 atom stereocenters. The van der Waals surface area contributed by atoms with E-state index in [1.165, 1.54) is 6.42 Å². The van der Waals surface area contributed by atoms with Crippen molar-refractivity contribution in [3.05, 3.63) is 12.3 Å². The van der Waals surface area contributed by atoms with E-state index in [0.717, 1.165) is 6.54 Å². The molecule has 0 aliphatic rings. The monoisotopic (exact) mass is 127 g/mol. The van der Waals surface area contributed by atoms with E-state index in [0.29, 0.717) is 5.92 Å². The molecule has 0 amide bonds. The molecule has 0 bridgehead atoms. The summed E-state index contributed by atoms with van der Waals surface area (Å²) in [5, 5.41) is 3.19. The van der Waals surface area contributed by atoms with Crippen LogP contribution in [0.5, 0.6) is 0 Å². The molecule has 1 heteroatoms. The minimum Gasteiger partial charge on any atom is -0.391 e. The van der Waals surface area contributed by atoms with E-state index in [4.69, 9.17) is 0 Å². The van der Waals surface area contributed by atoms with Crippen molar-refractivity contribution < 1.29 is 0 Å². The highest BCUT2D eigenvalue weighted by Gasteiger charge is 1.80. The van der Waals surface area contributed by atoms with Crippen molar-refractivity contribution in [2.45, 2.75) is 27.2 Å². The quantitative estimate of drug-likeness (QED) is 0.571. The van der Waals surface area contributed by atoms with Crippen LogP contribution in [0.25, 0.3) is 0 Å². The summed E-state index contributed by atoms with van der Waals surface area (Å²) in [6, 6.07) is 0. The SMILES string of the molecule is CCCN/C=C\C(C)C. The van der Waals surface area contributed by atoms with Gasteiger partial charge in [0.1, 0.15) is 0 Å². The molecule has 0 aromatic heterocycles. The van der Waals surface area contributed by atoms with Crippen LogP contribution in [0.2, 0.25) is 0 Å². The van der Waals surface area contributed by atoms with Crippen LogP contribution in [0.3, 0.4) is 0 Å². The Hall–Kier alpha value is -0.460. The Bertz CT molecular complexity index is 74.6. The average molecular weight is 127 g/mol. The molecule has 0 radical (unpaired) electrons. The maximum Gasteiger partial charge on any atom is 0.0138 e. The lowest BCUT2D eigenvalue weighted by Crippen LogP contribution is -2.05. The summed E-state index contributed by atoms with van der Waals surface area (Å²) in [7, 11) is 0. The molecule has 0 saturated heterocycles. The minimum absolute atomic E-state index is 0.661. The summed E-state index contributed by atoms with van der Waals surface area (Å²) in [5.41, 5.74) is 0. The molecule has 0 aromatic rings. The Morgan fingerprint density at radius 1 is 1.44 bits per heavy atom. The Kier molecular flexibility index (Phi) is 5.38. The van der Waals surface area contributed by atoms with Crippen LogP contribution in [0, 0.1) is 5.92 Å². The fourth-order valence-corrected chi connectivity index (χ4v) is 0.488. The van der Waals surface area contributed by atoms with Crippen molar-refractivity contribution in [1.29, 1.82) is 0 Å². The van der Waals surface area contributed by atoms with Crippen molar-refractivity contribution in [3.8, 4) is 0 Å². The van der Waals surface area contributed by atoms with Crippen LogP contribution in [0.1, 0.15) is 27.2 Å². The van der Waals surface area contributed by atoms with E-state index in [2.05, 4.69) is 32.2 Å². The topological polar surface area (TPSA) is 12.0 Å². The third-order valence-electron chi connectivity index (χ3n) is 0.993. The van der Waals surface area contributed by atoms with Crippen molar-refractivity contribution in [2.75, 3.05) is 6.54 Å². The van der Waals surface area contributed by atoms with Gasteiger partial charge >= 0.3 is 0 Å². The van der Waals surface area contributed by atoms with E-state index in [-0.39, 0.29) is 0 Å². The zero-order valence-electron chi connectivity index (χ0n) is 6.65. The van der Waals surface area contributed by atoms with Gasteiger partial charge in [-0.1, -0.05) is 26.8 Å². The first-order valence-electron chi connectivity index (χ1n) is 3.67. The fourth-order valence-electron chi connectivity index (χ4n) is 0.488. The highest BCUT2D eigenvalue weighted by molar-refractivity contribution is 4.81. The first kappa shape index (κ1) is 8.54. The predicted molar refractivity (Wildman–Crippen MR) is 42.3 cm³/mol. The van der Waals surface area contributed by atoms with Gasteiger partial charge in [-0.3, -0.25) is 0 Å². The molecule has 9 heavy (non-hydrogen) atoms. The molecule has 0 fully saturated rings. The third kappa shape index (κ3) is 7.54. The molecule has 0 rings (SSSR count). The van der Waals surface area contributed by atoms with Crippen molar-refractivity contribution in [1.82, 2.24) is 5.32 Å². The van der Waals surface area contributed by atoms with Gasteiger partial charge in [-0.15, -0.1) is 0 Å². The van der Waals surface area contributed by atoms with Crippen molar-refractivity contribution in [3.63, 3.8) is 0 Å². The van der Waals surface area contributed by atoms with E-state index in [1.807, 2.05) is 6.20 Å². The number of rotatable bonds is 4. The Morgan fingerprint density at radius 2 is 2.11 bits per heavy atom. The van der Waals surface area contributed by atoms with Crippen LogP contribution in [0.4, 0.5) is 0 Å². The average Bonchev–Trinajstić information content (AvgIpc) is 1.80. The Balaban J connectivity index is 3.04. The van der Waals surface area contributed by atoms with Gasteiger partial charge < -0.3 is 5.32 Å². The number of hydrogen-bond acceptors (Lipinski definition) is 1. The van der Waals surface area contributed by atoms with Gasteiger partial charge in [-0.2, -0.15) is 0 Å². The third-order valence-corrected chi connectivity index (χ3v) is 0.993. The minimum atomic E-state index is 0.661. The zero-order chi connectivity index (χ0) is 7.11. The highest BCUT2D eigenvalue weighted by Crippen LogP contribution is 1.90. The lowest BCUT2D eigenvalue weighted by molar-refractivity contribution is 0.778. The van der Waals surface area contributed by atoms with Crippen LogP contribution >= 0.6 is 0 Å². The second-order valence-electron chi connectivity index (χ2n) is 2.56. The maximum atomic E-state index is 3.19. The Morgan fingerprint density at radius 3 is 2.56 bits per heavy atom. The fraction of sp³-hybridized carbons (Fsp3) is 0.750. The van der Waals surface area contributed by atoms with E-state index >= 15 is 0 Å². The van der Waals surface area contributed by atoms with Gasteiger partial charge in [0.2, 0.25) is 0 Å². The molecular formula is C8H17N. The van der Waals surface area contributed by atoms with Gasteiger partial charge in [0.05, 0.1) is 0 Å². The summed E-state index contributed by atoms with van der Waals surface area (Å²) < 4.78 is 0. The Labute approximate surface area is 58.2 Å². The zero-order valence-corrected chi connectivity index (χ0v) is 6.65. The summed E-state index contributed by atoms with van der Waals surface area (Å²) in [6.45, 7) is 7.59. The summed E-state index contributed by atoms with van der Waals surface area (Å²) in [4.78, 5) is 0. The number of hydrogen-bond donors (Lipinski definition) is 1. The molecule has 1 N–H and O–H groups in total. The molecule has 0 aliphatic carbocycles. The second kappa shape index (κ2) is 5.67. The standard InChI is InChI=1S/C8H17N/c1-4-6-9-7-5-8(2)3/h5,7-9H,4,6H2,1-3H3/b7-5-. The van der Waals surface area contributed by atoms with Gasteiger partial charge in [0.25, 0.3) is 0 Å². The van der Waals surface area contributed by atoms with E-state index in [1.54, 1.807) is 0 Å². The molecule has 1 nitrogen and oxygen atoms in total. The number of allylic oxidation sites excluding steroid dienone is 1. The van der Waals surface area contributed by atoms with Crippen LogP contribution in [0.15, 0.2) is 12.3 Å². The first-order valence-corrected chi connectivity index (χ1v) is 3.67. The summed E-state index contributed by atoms with van der Waals surface area (Å²) in [6.07, 6.45) is 5.40. The van der Waals surface area contributed by atoms with Gasteiger partial charge in [0, 0.05) is 6.54 Å². The van der Waals surface area contributed by atoms with Gasteiger partial charge in [-0.25, -0.2) is 0 Å². The highest BCUT2D eigenvalue weighted by atomic mass is 14.8. The first-order chi connectivity index (χ1) is 4.27. The molecule has 0 aromatic carbocycles. The lowest BCUT2D eigenvalue weighted by Gasteiger charge is -1.96. The predicted octanol–water partition coefficient (Wildman–Crippen LogP) is 2.16. The molecular weight excluding hydrogens is 110 g/mol. The molecule has 54 valence electrons. The van der Waals surface area contributed by atoms with Crippen LogP contribution < -0.4 is 5.32 Å². The van der Waals surface area contributed by atoms with Crippen molar-refractivity contribution in [2.24, 2.45) is 5.92 Å². The lowest BCUT2D eigenvalue weighted by atomic mass is 10.2. The van der Waals surface area contributed by atoms with Crippen LogP contribution in [-0.2, 0) is 0 Å². The molecule has 0 unspecified atom stereocenters. The summed E-state index contributed by atoms with van der Waals surface area (Å²) >= 11 is 0. The van der Waals surface area contributed by atoms with Gasteiger partial charge in [-0.05, 0) is 18.5 Å². The second-order valence-corrected chi connectivity index (χ2v) is 2.56.